The Morgan fingerprint density at radius 1 is 0.352 bits per heavy atom. The van der Waals surface area contributed by atoms with E-state index >= 15 is 0 Å². The average Bonchev–Trinajstić information content (AvgIpc) is 3.81. The smallest absolute Gasteiger partial charge is 0.180 e. The van der Waals surface area contributed by atoms with Crippen LogP contribution in [0.15, 0.2) is 179 Å². The highest BCUT2D eigenvalue weighted by molar-refractivity contribution is 6.26. The molecule has 250 valence electrons. The van der Waals surface area contributed by atoms with Gasteiger partial charge in [-0.05, 0) is 96.7 Å². The summed E-state index contributed by atoms with van der Waals surface area (Å²) in [6, 6.07) is 59.8. The van der Waals surface area contributed by atoms with Gasteiger partial charge in [-0.2, -0.15) is 0 Å². The van der Waals surface area contributed by atoms with Gasteiger partial charge in [-0.15, -0.1) is 0 Å². The molecule has 0 aliphatic heterocycles. The fourth-order valence-corrected chi connectivity index (χ4v) is 8.52. The molecular weight excluding hydrogens is 661 g/mol. The Morgan fingerprint density at radius 2 is 0.963 bits per heavy atom. The maximum atomic E-state index is 6.62. The van der Waals surface area contributed by atoms with Crippen molar-refractivity contribution in [2.75, 3.05) is 0 Å². The predicted molar refractivity (Wildman–Crippen MR) is 223 cm³/mol. The van der Waals surface area contributed by atoms with E-state index in [-0.39, 0.29) is 0 Å². The van der Waals surface area contributed by atoms with Gasteiger partial charge in [0.25, 0.3) is 0 Å². The molecule has 0 aliphatic rings. The van der Waals surface area contributed by atoms with Gasteiger partial charge in [0.1, 0.15) is 28.0 Å². The quantitative estimate of drug-likeness (QED) is 0.173. The van der Waals surface area contributed by atoms with Crippen molar-refractivity contribution in [2.24, 2.45) is 0 Å². The first-order valence-corrected chi connectivity index (χ1v) is 18.2. The van der Waals surface area contributed by atoms with Crippen molar-refractivity contribution in [2.45, 2.75) is 0 Å². The maximum Gasteiger partial charge on any atom is 0.180 e. The van der Waals surface area contributed by atoms with Crippen molar-refractivity contribution in [3.05, 3.63) is 170 Å². The number of hydrogen-bond acceptors (Lipinski definition) is 4. The van der Waals surface area contributed by atoms with Gasteiger partial charge >= 0.3 is 0 Å². The van der Waals surface area contributed by atoms with Crippen molar-refractivity contribution < 1.29 is 8.83 Å². The van der Waals surface area contributed by atoms with E-state index in [1.165, 1.54) is 37.7 Å². The van der Waals surface area contributed by atoms with Gasteiger partial charge in [-0.3, -0.25) is 0 Å². The Bertz CT molecular complexity index is 3480. The zero-order valence-corrected chi connectivity index (χ0v) is 28.9. The maximum absolute atomic E-state index is 6.62. The number of aromatic nitrogens is 2. The van der Waals surface area contributed by atoms with Crippen molar-refractivity contribution in [1.82, 2.24) is 9.97 Å². The molecule has 12 aromatic rings. The van der Waals surface area contributed by atoms with E-state index in [1.807, 2.05) is 30.3 Å². The fraction of sp³-hybridized carbons (Fsp3) is 0. The lowest BCUT2D eigenvalue weighted by atomic mass is 9.92. The third-order valence-corrected chi connectivity index (χ3v) is 11.1. The lowest BCUT2D eigenvalue weighted by Gasteiger charge is -2.12. The normalized spacial score (nSPS) is 12.1. The van der Waals surface area contributed by atoms with Gasteiger partial charge in [0.15, 0.2) is 11.4 Å². The number of para-hydroxylation sites is 1. The van der Waals surface area contributed by atoms with Gasteiger partial charge in [0.05, 0.1) is 0 Å². The molecule has 12 rings (SSSR count). The molecule has 0 aliphatic carbocycles. The lowest BCUT2D eigenvalue weighted by Crippen LogP contribution is -1.94. The molecule has 54 heavy (non-hydrogen) atoms. The van der Waals surface area contributed by atoms with E-state index in [2.05, 4.69) is 140 Å². The highest BCUT2D eigenvalue weighted by Gasteiger charge is 2.21. The summed E-state index contributed by atoms with van der Waals surface area (Å²) in [6.45, 7) is 0. The van der Waals surface area contributed by atoms with Crippen LogP contribution in [0, 0.1) is 0 Å². The van der Waals surface area contributed by atoms with Gasteiger partial charge < -0.3 is 8.83 Å². The molecule has 3 aromatic heterocycles. The predicted octanol–water partition coefficient (Wildman–Crippen LogP) is 13.9. The van der Waals surface area contributed by atoms with Crippen LogP contribution in [0.1, 0.15) is 0 Å². The Balaban J connectivity index is 1.05. The molecular formula is C50H28N2O2. The summed E-state index contributed by atoms with van der Waals surface area (Å²) in [5.74, 6) is 0.628. The zero-order chi connectivity index (χ0) is 35.3. The average molecular weight is 689 g/mol. The Labute approximate surface area is 308 Å². The van der Waals surface area contributed by atoms with E-state index in [4.69, 9.17) is 18.8 Å². The van der Waals surface area contributed by atoms with E-state index in [9.17, 15) is 0 Å². The fourth-order valence-electron chi connectivity index (χ4n) is 8.52. The number of nitrogens with zero attached hydrogens (tertiary/aromatic N) is 2. The molecule has 4 heteroatoms. The first-order chi connectivity index (χ1) is 26.7. The van der Waals surface area contributed by atoms with Gasteiger partial charge in [0.2, 0.25) is 0 Å². The summed E-state index contributed by atoms with van der Waals surface area (Å²) in [5, 5.41) is 12.9. The molecule has 3 heterocycles. The Hall–Kier alpha value is -7.30. The molecule has 0 radical (unpaired) electrons. The summed E-state index contributed by atoms with van der Waals surface area (Å²) in [7, 11) is 0. The highest BCUT2D eigenvalue weighted by Crippen LogP contribution is 2.42. The summed E-state index contributed by atoms with van der Waals surface area (Å²) in [5.41, 5.74) is 8.78. The number of furan rings is 2. The number of rotatable bonds is 3. The summed E-state index contributed by atoms with van der Waals surface area (Å²) >= 11 is 0. The van der Waals surface area contributed by atoms with Crippen LogP contribution in [-0.4, -0.2) is 9.97 Å². The largest absolute Gasteiger partial charge is 0.456 e. The van der Waals surface area contributed by atoms with E-state index in [0.29, 0.717) is 11.4 Å². The van der Waals surface area contributed by atoms with E-state index in [0.717, 1.165) is 71.8 Å². The minimum absolute atomic E-state index is 0.628. The molecule has 0 amide bonds. The second-order valence-corrected chi connectivity index (χ2v) is 14.1. The lowest BCUT2D eigenvalue weighted by molar-refractivity contribution is 0.667. The SMILES string of the molecule is c1ccc2cc(-c3nc(-c4cccc5oc6cc(-c7ccc8c9ccccc9c9ccccc9c8c7)ccc6c45)nc4c3oc3ccccc34)ccc2c1. The topological polar surface area (TPSA) is 52.1 Å². The van der Waals surface area contributed by atoms with Crippen LogP contribution in [0.25, 0.3) is 121 Å². The molecule has 0 bridgehead atoms. The monoisotopic (exact) mass is 688 g/mol. The van der Waals surface area contributed by atoms with Crippen LogP contribution in [0.3, 0.4) is 0 Å². The molecule has 0 N–H and O–H groups in total. The molecule has 0 spiro atoms. The molecule has 4 nitrogen and oxygen atoms in total. The molecule has 0 saturated heterocycles. The van der Waals surface area contributed by atoms with Crippen LogP contribution in [0.4, 0.5) is 0 Å². The van der Waals surface area contributed by atoms with Crippen LogP contribution in [-0.2, 0) is 0 Å². The van der Waals surface area contributed by atoms with Gasteiger partial charge in [-0.1, -0.05) is 127 Å². The number of benzene rings is 9. The highest BCUT2D eigenvalue weighted by atomic mass is 16.3. The zero-order valence-electron chi connectivity index (χ0n) is 28.9. The number of hydrogen-bond donors (Lipinski definition) is 0. The summed E-state index contributed by atoms with van der Waals surface area (Å²) in [6.07, 6.45) is 0. The van der Waals surface area contributed by atoms with Crippen LogP contribution in [0.2, 0.25) is 0 Å². The molecule has 0 saturated carbocycles. The Morgan fingerprint density at radius 3 is 1.76 bits per heavy atom. The molecule has 0 atom stereocenters. The van der Waals surface area contributed by atoms with Gasteiger partial charge in [0, 0.05) is 27.3 Å². The van der Waals surface area contributed by atoms with E-state index in [1.54, 1.807) is 0 Å². The second kappa shape index (κ2) is 11.1. The first-order valence-electron chi connectivity index (χ1n) is 18.2. The van der Waals surface area contributed by atoms with Gasteiger partial charge in [-0.25, -0.2) is 9.97 Å². The summed E-state index contributed by atoms with van der Waals surface area (Å²) in [4.78, 5) is 10.5. The third-order valence-electron chi connectivity index (χ3n) is 11.1. The summed E-state index contributed by atoms with van der Waals surface area (Å²) < 4.78 is 13.1. The molecule has 0 unspecified atom stereocenters. The second-order valence-electron chi connectivity index (χ2n) is 14.1. The third kappa shape index (κ3) is 4.25. The standard InChI is InChI=1S/C50H28N2O2/c1-2-11-30-26-33(21-20-29(30)10-1)47-49-48(40-16-7-8-18-43(40)54-49)52-50(51-47)41-17-9-19-44-46(41)39-25-23-32(28-45(39)53-44)31-22-24-38-36-14-4-3-12-34(36)35-13-5-6-15-37(35)42(38)27-31/h1-28H. The number of fused-ring (bicyclic) bond motifs is 13. The Kier molecular flexibility index (Phi) is 6.02. The van der Waals surface area contributed by atoms with Crippen LogP contribution < -0.4 is 0 Å². The minimum atomic E-state index is 0.628. The van der Waals surface area contributed by atoms with Crippen molar-refractivity contribution in [3.63, 3.8) is 0 Å². The van der Waals surface area contributed by atoms with Crippen molar-refractivity contribution >= 4 is 87.1 Å². The van der Waals surface area contributed by atoms with Crippen LogP contribution in [0.5, 0.6) is 0 Å². The van der Waals surface area contributed by atoms with E-state index < -0.39 is 0 Å². The van der Waals surface area contributed by atoms with Crippen LogP contribution >= 0.6 is 0 Å². The first kappa shape index (κ1) is 29.3. The molecule has 9 aromatic carbocycles. The minimum Gasteiger partial charge on any atom is -0.456 e. The van der Waals surface area contributed by atoms with Crippen molar-refractivity contribution in [1.29, 1.82) is 0 Å². The molecule has 0 fully saturated rings. The van der Waals surface area contributed by atoms with Crippen molar-refractivity contribution in [3.8, 4) is 33.8 Å².